The number of nitrogens with one attached hydrogen (secondary N) is 2. The molecular weight excluding hydrogens is 366 g/mol. The first kappa shape index (κ1) is 25.9. The van der Waals surface area contributed by atoms with Crippen molar-refractivity contribution in [2.75, 3.05) is 26.2 Å². The second-order valence-electron chi connectivity index (χ2n) is 9.41. The molecule has 0 aromatic carbocycles. The van der Waals surface area contributed by atoms with E-state index < -0.39 is 5.60 Å². The highest BCUT2D eigenvalue weighted by molar-refractivity contribution is 5.78. The fraction of sp³-hybridized carbons (Fsp3) is 0.913. The lowest BCUT2D eigenvalue weighted by molar-refractivity contribution is -0.139. The number of hydrogen-bond acceptors (Lipinski definition) is 4. The molecule has 2 heterocycles. The Bertz CT molecular complexity index is 478. The number of aliphatic hydroxyl groups is 1. The highest BCUT2D eigenvalue weighted by Gasteiger charge is 2.30. The molecule has 2 fully saturated rings. The summed E-state index contributed by atoms with van der Waals surface area (Å²) in [5.41, 5.74) is -0.567. The molecule has 0 bridgehead atoms. The number of likely N-dealkylation sites (tertiary alicyclic amines) is 1. The van der Waals surface area contributed by atoms with Gasteiger partial charge in [0, 0.05) is 31.0 Å². The second-order valence-corrected chi connectivity index (χ2v) is 9.41. The Labute approximate surface area is 178 Å². The summed E-state index contributed by atoms with van der Waals surface area (Å²) < 4.78 is 0. The summed E-state index contributed by atoms with van der Waals surface area (Å²) in [5, 5.41) is 16.2. The predicted molar refractivity (Wildman–Crippen MR) is 119 cm³/mol. The molecule has 6 nitrogen and oxygen atoms in total. The van der Waals surface area contributed by atoms with E-state index in [4.69, 9.17) is 0 Å². The van der Waals surface area contributed by atoms with Crippen LogP contribution in [0.25, 0.3) is 0 Å². The van der Waals surface area contributed by atoms with Crippen molar-refractivity contribution < 1.29 is 14.7 Å². The molecule has 0 radical (unpaired) electrons. The zero-order valence-corrected chi connectivity index (χ0v) is 19.4. The quantitative estimate of drug-likeness (QED) is 0.562. The van der Waals surface area contributed by atoms with E-state index in [1.807, 2.05) is 32.6 Å². The lowest BCUT2D eigenvalue weighted by Gasteiger charge is -2.37. The topological polar surface area (TPSA) is 81.7 Å². The van der Waals surface area contributed by atoms with Gasteiger partial charge in [-0.3, -0.25) is 9.59 Å². The number of hydrogen-bond donors (Lipinski definition) is 3. The molecule has 3 N–H and O–H groups in total. The summed E-state index contributed by atoms with van der Waals surface area (Å²) in [6, 6.07) is 0.404. The standard InChI is InChI=1S/C14H27NO2.C9H18N2O/c1-4-5-6-7-12(2)13(16)15-10-8-14(3,17)9-11-15;1-7(2)9(12)11-8-3-5-10-6-4-8/h12,17H,4-11H2,1-3H3;7-8,10H,3-6H2,1-2H3,(H,11,12). The first-order valence-electron chi connectivity index (χ1n) is 11.7. The van der Waals surface area contributed by atoms with Crippen molar-refractivity contribution in [3.63, 3.8) is 0 Å². The number of amides is 2. The zero-order valence-electron chi connectivity index (χ0n) is 19.4. The lowest BCUT2D eigenvalue weighted by Crippen LogP contribution is -2.46. The second kappa shape index (κ2) is 13.2. The Morgan fingerprint density at radius 1 is 1.14 bits per heavy atom. The average molecular weight is 412 g/mol. The van der Waals surface area contributed by atoms with Gasteiger partial charge in [0.25, 0.3) is 0 Å². The fourth-order valence-corrected chi connectivity index (χ4v) is 3.68. The van der Waals surface area contributed by atoms with E-state index in [1.54, 1.807) is 0 Å². The van der Waals surface area contributed by atoms with Gasteiger partial charge in [0.2, 0.25) is 11.8 Å². The summed E-state index contributed by atoms with van der Waals surface area (Å²) in [6.45, 7) is 13.4. The average Bonchev–Trinajstić information content (AvgIpc) is 2.68. The summed E-state index contributed by atoms with van der Waals surface area (Å²) >= 11 is 0. The van der Waals surface area contributed by atoms with E-state index in [9.17, 15) is 14.7 Å². The van der Waals surface area contributed by atoms with Crippen molar-refractivity contribution in [2.45, 2.75) is 97.6 Å². The smallest absolute Gasteiger partial charge is 0.225 e. The van der Waals surface area contributed by atoms with Gasteiger partial charge in [-0.05, 0) is 52.1 Å². The van der Waals surface area contributed by atoms with Crippen LogP contribution in [0.3, 0.4) is 0 Å². The van der Waals surface area contributed by atoms with Gasteiger partial charge in [0.15, 0.2) is 0 Å². The van der Waals surface area contributed by atoms with Crippen LogP contribution in [0.5, 0.6) is 0 Å². The van der Waals surface area contributed by atoms with E-state index in [1.165, 1.54) is 12.8 Å². The summed E-state index contributed by atoms with van der Waals surface area (Å²) in [5.74, 6) is 0.711. The minimum Gasteiger partial charge on any atom is -0.390 e. The van der Waals surface area contributed by atoms with Crippen molar-refractivity contribution in [1.82, 2.24) is 15.5 Å². The Balaban J connectivity index is 0.000000308. The van der Waals surface area contributed by atoms with Crippen LogP contribution in [0, 0.1) is 11.8 Å². The van der Waals surface area contributed by atoms with Gasteiger partial charge in [-0.1, -0.05) is 47.0 Å². The van der Waals surface area contributed by atoms with Crippen molar-refractivity contribution in [3.8, 4) is 0 Å². The Morgan fingerprint density at radius 3 is 2.24 bits per heavy atom. The van der Waals surface area contributed by atoms with Crippen LogP contribution in [0.4, 0.5) is 0 Å². The van der Waals surface area contributed by atoms with Crippen molar-refractivity contribution in [2.24, 2.45) is 11.8 Å². The normalized spacial score (nSPS) is 20.6. The summed E-state index contributed by atoms with van der Waals surface area (Å²) in [4.78, 5) is 25.4. The molecule has 29 heavy (non-hydrogen) atoms. The van der Waals surface area contributed by atoms with Crippen LogP contribution in [0.2, 0.25) is 0 Å². The molecule has 0 aromatic heterocycles. The zero-order chi connectivity index (χ0) is 21.9. The molecule has 2 amide bonds. The number of carbonyl (C=O) groups excluding carboxylic acids is 2. The first-order chi connectivity index (χ1) is 13.7. The Morgan fingerprint density at radius 2 is 1.72 bits per heavy atom. The maximum Gasteiger partial charge on any atom is 0.225 e. The third-order valence-electron chi connectivity index (χ3n) is 6.02. The molecule has 1 atom stereocenters. The maximum atomic E-state index is 12.1. The third-order valence-corrected chi connectivity index (χ3v) is 6.02. The number of nitrogens with zero attached hydrogens (tertiary/aromatic N) is 1. The van der Waals surface area contributed by atoms with Crippen LogP contribution < -0.4 is 10.6 Å². The van der Waals surface area contributed by atoms with Gasteiger partial charge in [0.1, 0.15) is 0 Å². The van der Waals surface area contributed by atoms with E-state index in [0.717, 1.165) is 38.8 Å². The monoisotopic (exact) mass is 411 g/mol. The first-order valence-corrected chi connectivity index (χ1v) is 11.7. The van der Waals surface area contributed by atoms with Crippen LogP contribution in [0.15, 0.2) is 0 Å². The van der Waals surface area contributed by atoms with Gasteiger partial charge in [0.05, 0.1) is 5.60 Å². The maximum absolute atomic E-state index is 12.1. The molecule has 0 aromatic rings. The molecule has 6 heteroatoms. The Kier molecular flexibility index (Phi) is 11.8. The third kappa shape index (κ3) is 10.4. The van der Waals surface area contributed by atoms with Crippen LogP contribution in [-0.4, -0.2) is 59.6 Å². The molecule has 2 rings (SSSR count). The molecule has 170 valence electrons. The fourth-order valence-electron chi connectivity index (χ4n) is 3.68. The molecule has 1 unspecified atom stereocenters. The predicted octanol–water partition coefficient (Wildman–Crippen LogP) is 3.09. The minimum absolute atomic E-state index is 0.111. The molecule has 2 aliphatic heterocycles. The van der Waals surface area contributed by atoms with Crippen molar-refractivity contribution in [3.05, 3.63) is 0 Å². The van der Waals surface area contributed by atoms with Gasteiger partial charge < -0.3 is 20.6 Å². The Hall–Kier alpha value is -1.14. The van der Waals surface area contributed by atoms with Crippen LogP contribution in [-0.2, 0) is 9.59 Å². The molecule has 2 saturated heterocycles. The largest absolute Gasteiger partial charge is 0.390 e. The SMILES string of the molecule is CC(C)C(=O)NC1CCNCC1.CCCCCC(C)C(=O)N1CCC(C)(O)CC1. The number of piperidine rings is 2. The minimum atomic E-state index is -0.567. The summed E-state index contributed by atoms with van der Waals surface area (Å²) in [7, 11) is 0. The molecule has 2 aliphatic rings. The number of carbonyl (C=O) groups is 2. The van der Waals surface area contributed by atoms with Gasteiger partial charge in [-0.15, -0.1) is 0 Å². The highest BCUT2D eigenvalue weighted by atomic mass is 16.3. The highest BCUT2D eigenvalue weighted by Crippen LogP contribution is 2.23. The van der Waals surface area contributed by atoms with Crippen molar-refractivity contribution in [1.29, 1.82) is 0 Å². The lowest BCUT2D eigenvalue weighted by atomic mass is 9.92. The number of unbranched alkanes of at least 4 members (excludes halogenated alkanes) is 2. The molecule has 0 spiro atoms. The molecule has 0 saturated carbocycles. The van der Waals surface area contributed by atoms with Crippen molar-refractivity contribution >= 4 is 11.8 Å². The van der Waals surface area contributed by atoms with E-state index in [2.05, 4.69) is 17.6 Å². The molecule has 0 aliphatic carbocycles. The van der Waals surface area contributed by atoms with E-state index in [-0.39, 0.29) is 23.7 Å². The van der Waals surface area contributed by atoms with E-state index in [0.29, 0.717) is 32.0 Å². The van der Waals surface area contributed by atoms with Gasteiger partial charge in [-0.2, -0.15) is 0 Å². The van der Waals surface area contributed by atoms with Gasteiger partial charge in [-0.25, -0.2) is 0 Å². The summed E-state index contributed by atoms with van der Waals surface area (Å²) in [6.07, 6.45) is 8.12. The van der Waals surface area contributed by atoms with E-state index >= 15 is 0 Å². The van der Waals surface area contributed by atoms with Gasteiger partial charge >= 0.3 is 0 Å². The number of rotatable bonds is 7. The van der Waals surface area contributed by atoms with Crippen LogP contribution >= 0.6 is 0 Å². The van der Waals surface area contributed by atoms with Crippen LogP contribution in [0.1, 0.15) is 86.0 Å². The molecular formula is C23H45N3O3.